The molecule has 0 aromatic heterocycles. The average molecular weight is 363 g/mol. The molecule has 6 nitrogen and oxygen atoms in total. The van der Waals surface area contributed by atoms with Crippen LogP contribution in [0.2, 0.25) is 12.1 Å². The predicted octanol–water partition coefficient (Wildman–Crippen LogP) is 2.17. The van der Waals surface area contributed by atoms with Crippen LogP contribution in [0, 0.1) is 0 Å². The van der Waals surface area contributed by atoms with Crippen molar-refractivity contribution in [3.05, 3.63) is 25.3 Å². The molecule has 0 saturated carbocycles. The molecule has 0 fully saturated rings. The van der Waals surface area contributed by atoms with Gasteiger partial charge in [-0.15, -0.1) is 13.2 Å². The summed E-state index contributed by atoms with van der Waals surface area (Å²) in [7, 11) is 2.16. The summed E-state index contributed by atoms with van der Waals surface area (Å²) in [6, 6.07) is 2.34. The number of allylic oxidation sites excluding steroid dienone is 2. The first-order valence-corrected chi connectivity index (χ1v) is 11.8. The van der Waals surface area contributed by atoms with Crippen molar-refractivity contribution in [3.63, 3.8) is 0 Å². The van der Waals surface area contributed by atoms with E-state index in [-0.39, 0.29) is 19.0 Å². The Hall–Kier alpha value is -1.55. The molecule has 23 heavy (non-hydrogen) atoms. The van der Waals surface area contributed by atoms with Gasteiger partial charge in [-0.1, -0.05) is 30.7 Å². The summed E-state index contributed by atoms with van der Waals surface area (Å²) in [4.78, 5) is 20.9. The molecule has 0 N–H and O–H groups in total. The molecule has 0 aromatic carbocycles. The Morgan fingerprint density at radius 1 is 0.870 bits per heavy atom. The summed E-state index contributed by atoms with van der Waals surface area (Å²) in [6.07, 6.45) is 7.06. The van der Waals surface area contributed by atoms with Gasteiger partial charge in [0.05, 0.1) is 45.7 Å². The van der Waals surface area contributed by atoms with Crippen molar-refractivity contribution in [1.82, 2.24) is 0 Å². The fourth-order valence-corrected chi connectivity index (χ4v) is 3.64. The summed E-state index contributed by atoms with van der Waals surface area (Å²) in [5.74, 6) is 0. The monoisotopic (exact) mass is 362 g/mol. The van der Waals surface area contributed by atoms with Gasteiger partial charge in [-0.05, 0) is 12.8 Å². The number of unbranched alkanes of at least 4 members (excludes halogenated alkanes) is 1. The van der Waals surface area contributed by atoms with Crippen molar-refractivity contribution in [2.45, 2.75) is 31.4 Å². The molecule has 0 amide bonds. The summed E-state index contributed by atoms with van der Waals surface area (Å²) < 4.78 is 18.1. The van der Waals surface area contributed by atoms with Crippen LogP contribution in [0.15, 0.2) is 25.3 Å². The number of ether oxygens (including phenoxy) is 4. The third-order valence-corrected chi connectivity index (χ3v) is 5.52. The maximum absolute atomic E-state index is 10.5. The van der Waals surface area contributed by atoms with Gasteiger partial charge >= 0.3 is 12.3 Å². The van der Waals surface area contributed by atoms with Crippen LogP contribution in [0.5, 0.6) is 0 Å². The fourth-order valence-electron chi connectivity index (χ4n) is 1.39. The van der Waals surface area contributed by atoms with Gasteiger partial charge < -0.3 is 18.9 Å². The van der Waals surface area contributed by atoms with Crippen LogP contribution in [-0.2, 0) is 18.9 Å². The van der Waals surface area contributed by atoms with Crippen molar-refractivity contribution in [3.8, 4) is 0 Å². The Balaban J connectivity index is 0. The molecule has 0 aliphatic heterocycles. The number of rotatable bonds is 11. The number of hydrogen-bond acceptors (Lipinski definition) is 6. The third-order valence-electron chi connectivity index (χ3n) is 2.63. The van der Waals surface area contributed by atoms with Crippen LogP contribution < -0.4 is 0 Å². The van der Waals surface area contributed by atoms with Crippen LogP contribution in [0.1, 0.15) is 19.3 Å². The third kappa shape index (κ3) is 22.9. The SMILES string of the molecule is C=CCCC[SiH2]COC(=O)OC.C=CCC[SiH2]COC(=O)OC. The molecule has 0 atom stereocenters. The van der Waals surface area contributed by atoms with E-state index in [9.17, 15) is 9.59 Å². The van der Waals surface area contributed by atoms with Crippen LogP contribution in [-0.4, -0.2) is 58.0 Å². The van der Waals surface area contributed by atoms with E-state index >= 15 is 0 Å². The van der Waals surface area contributed by atoms with Gasteiger partial charge in [0.15, 0.2) is 0 Å². The van der Waals surface area contributed by atoms with Crippen molar-refractivity contribution >= 4 is 31.3 Å². The molecule has 0 saturated heterocycles. The largest absolute Gasteiger partial charge is 0.507 e. The summed E-state index contributed by atoms with van der Waals surface area (Å²) in [5, 5.41) is 0. The van der Waals surface area contributed by atoms with E-state index in [4.69, 9.17) is 9.47 Å². The smallest absolute Gasteiger partial charge is 0.439 e. The van der Waals surface area contributed by atoms with Gasteiger partial charge in [0.1, 0.15) is 0 Å². The van der Waals surface area contributed by atoms with E-state index in [2.05, 4.69) is 22.6 Å². The summed E-state index contributed by atoms with van der Waals surface area (Å²) in [6.45, 7) is 7.23. The minimum absolute atomic E-state index is 0.232. The lowest BCUT2D eigenvalue weighted by atomic mass is 10.3. The molecule has 0 rings (SSSR count). The first kappa shape index (κ1) is 23.7. The number of hydrogen-bond donors (Lipinski definition) is 0. The maximum Gasteiger partial charge on any atom is 0.507 e. The molecular formula is C15H30O6Si2. The van der Waals surface area contributed by atoms with Crippen molar-refractivity contribution in [2.75, 3.05) is 26.7 Å². The number of carbonyl (C=O) groups is 2. The number of carbonyl (C=O) groups excluding carboxylic acids is 2. The Labute approximate surface area is 143 Å². The molecule has 0 aromatic rings. The van der Waals surface area contributed by atoms with Gasteiger partial charge in [0.2, 0.25) is 0 Å². The van der Waals surface area contributed by atoms with Gasteiger partial charge in [0.25, 0.3) is 0 Å². The molecule has 0 aliphatic rings. The van der Waals surface area contributed by atoms with Crippen molar-refractivity contribution in [1.29, 1.82) is 0 Å². The highest BCUT2D eigenvalue weighted by Gasteiger charge is 1.99. The van der Waals surface area contributed by atoms with Crippen LogP contribution >= 0.6 is 0 Å². The summed E-state index contributed by atoms with van der Waals surface area (Å²) >= 11 is 0. The molecule has 134 valence electrons. The molecular weight excluding hydrogens is 332 g/mol. The zero-order valence-corrected chi connectivity index (χ0v) is 17.2. The van der Waals surface area contributed by atoms with E-state index in [1.807, 2.05) is 12.2 Å². The lowest BCUT2D eigenvalue weighted by Crippen LogP contribution is -2.10. The molecule has 0 bridgehead atoms. The number of methoxy groups -OCH3 is 2. The highest BCUT2D eigenvalue weighted by Crippen LogP contribution is 1.95. The van der Waals surface area contributed by atoms with Crippen LogP contribution in [0.25, 0.3) is 0 Å². The second-order valence-corrected chi connectivity index (χ2v) is 8.17. The Morgan fingerprint density at radius 3 is 1.78 bits per heavy atom. The first-order chi connectivity index (χ1) is 11.1. The second-order valence-electron chi connectivity index (χ2n) is 4.53. The minimum atomic E-state index is -0.573. The molecule has 0 spiro atoms. The second kappa shape index (κ2) is 20.5. The van der Waals surface area contributed by atoms with Gasteiger partial charge in [-0.3, -0.25) is 0 Å². The van der Waals surface area contributed by atoms with Crippen molar-refractivity contribution < 1.29 is 28.5 Å². The lowest BCUT2D eigenvalue weighted by Gasteiger charge is -2.00. The average Bonchev–Trinajstić information content (AvgIpc) is 2.57. The van der Waals surface area contributed by atoms with E-state index in [1.54, 1.807) is 0 Å². The first-order valence-electron chi connectivity index (χ1n) is 7.75. The molecule has 8 heteroatoms. The Bertz CT molecular complexity index is 323. The van der Waals surface area contributed by atoms with E-state index < -0.39 is 12.3 Å². The standard InChI is InChI=1S/C8H16O3Si.C7H14O3Si/c1-3-4-5-6-12-7-11-8(9)10-2;1-3-4-5-11-6-10-7(8)9-2/h3H,1,4-7,12H2,2H3;3H,1,4-6,11H2,2H3. The van der Waals surface area contributed by atoms with Gasteiger partial charge in [-0.25, -0.2) is 9.59 Å². The topological polar surface area (TPSA) is 71.1 Å². The minimum Gasteiger partial charge on any atom is -0.439 e. The normalized spacial score (nSPS) is 10.0. The summed E-state index contributed by atoms with van der Waals surface area (Å²) in [5.41, 5.74) is 0. The quantitative estimate of drug-likeness (QED) is 0.243. The Kier molecular flexibility index (Phi) is 21.1. The lowest BCUT2D eigenvalue weighted by molar-refractivity contribution is 0.0852. The van der Waals surface area contributed by atoms with Gasteiger partial charge in [-0.2, -0.15) is 0 Å². The van der Waals surface area contributed by atoms with Crippen molar-refractivity contribution in [2.24, 2.45) is 0 Å². The fraction of sp³-hybridized carbons (Fsp3) is 0.600. The molecule has 0 aliphatic carbocycles. The van der Waals surface area contributed by atoms with Crippen LogP contribution in [0.4, 0.5) is 9.59 Å². The van der Waals surface area contributed by atoms with E-state index in [0.29, 0.717) is 12.5 Å². The highest BCUT2D eigenvalue weighted by molar-refractivity contribution is 6.35. The molecule has 0 unspecified atom stereocenters. The highest BCUT2D eigenvalue weighted by atomic mass is 28.2. The maximum atomic E-state index is 10.5. The predicted molar refractivity (Wildman–Crippen MR) is 97.7 cm³/mol. The zero-order chi connectivity index (χ0) is 17.8. The van der Waals surface area contributed by atoms with Gasteiger partial charge in [0, 0.05) is 0 Å². The molecule has 0 radical (unpaired) electrons. The van der Waals surface area contributed by atoms with E-state index in [0.717, 1.165) is 18.9 Å². The van der Waals surface area contributed by atoms with Crippen LogP contribution in [0.3, 0.4) is 0 Å². The Morgan fingerprint density at radius 2 is 1.35 bits per heavy atom. The van der Waals surface area contributed by atoms with E-state index in [1.165, 1.54) is 26.7 Å². The zero-order valence-electron chi connectivity index (χ0n) is 14.4. The molecule has 0 heterocycles.